The van der Waals surface area contributed by atoms with Crippen molar-refractivity contribution < 1.29 is 8.42 Å². The van der Waals surface area contributed by atoms with Gasteiger partial charge in [0.1, 0.15) is 0 Å². The zero-order valence-corrected chi connectivity index (χ0v) is 13.0. The summed E-state index contributed by atoms with van der Waals surface area (Å²) in [6.07, 6.45) is 3.61. The van der Waals surface area contributed by atoms with E-state index in [0.717, 1.165) is 57.5 Å². The maximum absolute atomic E-state index is 12.3. The first-order valence-electron chi connectivity index (χ1n) is 7.72. The summed E-state index contributed by atoms with van der Waals surface area (Å²) in [5, 5.41) is 3.11. The summed E-state index contributed by atoms with van der Waals surface area (Å²) in [5.41, 5.74) is 1.82. The number of sulfonamides is 1. The summed E-state index contributed by atoms with van der Waals surface area (Å²) in [6, 6.07) is 7.73. The summed E-state index contributed by atoms with van der Waals surface area (Å²) in [7, 11) is -3.22. The Morgan fingerprint density at radius 1 is 1.05 bits per heavy atom. The van der Waals surface area contributed by atoms with Gasteiger partial charge in [0.2, 0.25) is 10.0 Å². The highest BCUT2D eigenvalue weighted by atomic mass is 32.2. The van der Waals surface area contributed by atoms with Gasteiger partial charge in [0.25, 0.3) is 0 Å². The van der Waals surface area contributed by atoms with Crippen molar-refractivity contribution in [2.45, 2.75) is 30.9 Å². The van der Waals surface area contributed by atoms with E-state index in [1.807, 2.05) is 24.3 Å². The molecule has 0 aromatic heterocycles. The molecular weight excluding hydrogens is 286 g/mol. The second kappa shape index (κ2) is 6.23. The second-order valence-electron chi connectivity index (χ2n) is 5.84. The third-order valence-corrected chi connectivity index (χ3v) is 6.22. The lowest BCUT2D eigenvalue weighted by Crippen LogP contribution is -2.43. The molecule has 5 nitrogen and oxygen atoms in total. The quantitative estimate of drug-likeness (QED) is 0.890. The highest BCUT2D eigenvalue weighted by Gasteiger charge is 2.28. The lowest BCUT2D eigenvalue weighted by molar-refractivity contribution is 0.585. The van der Waals surface area contributed by atoms with Gasteiger partial charge >= 0.3 is 0 Å². The minimum Gasteiger partial charge on any atom is -0.369 e. The lowest BCUT2D eigenvalue weighted by atomic mass is 10.2. The van der Waals surface area contributed by atoms with Crippen LogP contribution in [0.3, 0.4) is 0 Å². The molecule has 1 saturated heterocycles. The highest BCUT2D eigenvalue weighted by Crippen LogP contribution is 2.27. The molecule has 1 saturated carbocycles. The molecule has 0 spiro atoms. The number of hydrogen-bond acceptors (Lipinski definition) is 4. The Morgan fingerprint density at radius 3 is 2.29 bits per heavy atom. The molecule has 6 heteroatoms. The van der Waals surface area contributed by atoms with Crippen molar-refractivity contribution >= 4 is 21.4 Å². The van der Waals surface area contributed by atoms with Gasteiger partial charge in [0.05, 0.1) is 5.25 Å². The fourth-order valence-corrected chi connectivity index (χ4v) is 4.69. The SMILES string of the molecule is O=S(=O)(Nc1ccc(N2CCNCC2)cc1)C1CCCC1. The third-order valence-electron chi connectivity index (χ3n) is 4.35. The van der Waals surface area contributed by atoms with E-state index in [1.165, 1.54) is 0 Å². The van der Waals surface area contributed by atoms with Crippen LogP contribution in [0.25, 0.3) is 0 Å². The number of anilines is 2. The van der Waals surface area contributed by atoms with Crippen molar-refractivity contribution in [3.8, 4) is 0 Å². The van der Waals surface area contributed by atoms with Gasteiger partial charge in [-0.3, -0.25) is 4.72 Å². The van der Waals surface area contributed by atoms with E-state index >= 15 is 0 Å². The van der Waals surface area contributed by atoms with Gasteiger partial charge in [-0.15, -0.1) is 0 Å². The summed E-state index contributed by atoms with van der Waals surface area (Å²) < 4.78 is 27.2. The maximum atomic E-state index is 12.3. The molecule has 1 aromatic rings. The van der Waals surface area contributed by atoms with E-state index in [9.17, 15) is 8.42 Å². The summed E-state index contributed by atoms with van der Waals surface area (Å²) in [4.78, 5) is 2.31. The average molecular weight is 309 g/mol. The predicted octanol–water partition coefficient (Wildman–Crippen LogP) is 1.78. The molecule has 0 atom stereocenters. The first kappa shape index (κ1) is 14.7. The van der Waals surface area contributed by atoms with Crippen LogP contribution in [0.4, 0.5) is 11.4 Å². The van der Waals surface area contributed by atoms with Crippen LogP contribution in [0, 0.1) is 0 Å². The van der Waals surface area contributed by atoms with Crippen molar-refractivity contribution in [3.63, 3.8) is 0 Å². The Morgan fingerprint density at radius 2 is 1.67 bits per heavy atom. The monoisotopic (exact) mass is 309 g/mol. The Balaban J connectivity index is 1.66. The zero-order chi connectivity index (χ0) is 14.7. The van der Waals surface area contributed by atoms with Gasteiger partial charge in [-0.2, -0.15) is 0 Å². The Kier molecular flexibility index (Phi) is 4.35. The highest BCUT2D eigenvalue weighted by molar-refractivity contribution is 7.93. The molecule has 1 aliphatic carbocycles. The van der Waals surface area contributed by atoms with Crippen LogP contribution in [0.1, 0.15) is 25.7 Å². The van der Waals surface area contributed by atoms with Crippen molar-refractivity contribution in [1.29, 1.82) is 0 Å². The standard InChI is InChI=1S/C15H23N3O2S/c19-21(20,15-3-1-2-4-15)17-13-5-7-14(8-6-13)18-11-9-16-10-12-18/h5-8,15-17H,1-4,9-12H2. The molecule has 1 heterocycles. The van der Waals surface area contributed by atoms with Crippen molar-refractivity contribution in [1.82, 2.24) is 5.32 Å². The number of nitrogens with zero attached hydrogens (tertiary/aromatic N) is 1. The molecule has 2 aliphatic rings. The molecule has 0 radical (unpaired) electrons. The topological polar surface area (TPSA) is 61.4 Å². The molecule has 0 unspecified atom stereocenters. The molecule has 3 rings (SSSR count). The van der Waals surface area contributed by atoms with Crippen molar-refractivity contribution in [2.24, 2.45) is 0 Å². The van der Waals surface area contributed by atoms with E-state index in [-0.39, 0.29) is 5.25 Å². The number of rotatable bonds is 4. The van der Waals surface area contributed by atoms with Gasteiger partial charge in [-0.1, -0.05) is 12.8 Å². The van der Waals surface area contributed by atoms with E-state index in [1.54, 1.807) is 0 Å². The van der Waals surface area contributed by atoms with Crippen LogP contribution in [0.5, 0.6) is 0 Å². The van der Waals surface area contributed by atoms with Gasteiger partial charge in [0, 0.05) is 37.6 Å². The first-order chi connectivity index (χ1) is 10.1. The normalized spacial score (nSPS) is 20.7. The maximum Gasteiger partial charge on any atom is 0.235 e. The smallest absolute Gasteiger partial charge is 0.235 e. The third kappa shape index (κ3) is 3.49. The van der Waals surface area contributed by atoms with E-state index in [2.05, 4.69) is 14.9 Å². The van der Waals surface area contributed by atoms with Crippen LogP contribution in [-0.4, -0.2) is 39.8 Å². The van der Waals surface area contributed by atoms with Crippen molar-refractivity contribution in [2.75, 3.05) is 35.8 Å². The van der Waals surface area contributed by atoms with Crippen LogP contribution >= 0.6 is 0 Å². The molecule has 0 amide bonds. The van der Waals surface area contributed by atoms with Gasteiger partial charge in [-0.05, 0) is 37.1 Å². The molecule has 2 N–H and O–H groups in total. The fraction of sp³-hybridized carbons (Fsp3) is 0.600. The fourth-order valence-electron chi connectivity index (χ4n) is 3.11. The molecule has 116 valence electrons. The number of nitrogens with one attached hydrogen (secondary N) is 2. The molecule has 1 aliphatic heterocycles. The van der Waals surface area contributed by atoms with Crippen LogP contribution < -0.4 is 14.9 Å². The Hall–Kier alpha value is -1.27. The number of benzene rings is 1. The van der Waals surface area contributed by atoms with Crippen LogP contribution in [-0.2, 0) is 10.0 Å². The summed E-state index contributed by atoms with van der Waals surface area (Å²) in [6.45, 7) is 3.98. The van der Waals surface area contributed by atoms with Gasteiger partial charge in [-0.25, -0.2) is 8.42 Å². The zero-order valence-electron chi connectivity index (χ0n) is 12.2. The van der Waals surface area contributed by atoms with Crippen molar-refractivity contribution in [3.05, 3.63) is 24.3 Å². The summed E-state index contributed by atoms with van der Waals surface area (Å²) >= 11 is 0. The number of hydrogen-bond donors (Lipinski definition) is 2. The van der Waals surface area contributed by atoms with Gasteiger partial charge in [0.15, 0.2) is 0 Å². The first-order valence-corrected chi connectivity index (χ1v) is 9.27. The second-order valence-corrected chi connectivity index (χ2v) is 7.80. The minimum absolute atomic E-state index is 0.217. The van der Waals surface area contributed by atoms with E-state index in [4.69, 9.17) is 0 Å². The predicted molar refractivity (Wildman–Crippen MR) is 86.3 cm³/mol. The number of piperazine rings is 1. The molecule has 1 aromatic carbocycles. The largest absolute Gasteiger partial charge is 0.369 e. The molecular formula is C15H23N3O2S. The van der Waals surface area contributed by atoms with E-state index in [0.29, 0.717) is 5.69 Å². The van der Waals surface area contributed by atoms with Crippen LogP contribution in [0.15, 0.2) is 24.3 Å². The van der Waals surface area contributed by atoms with Crippen LogP contribution in [0.2, 0.25) is 0 Å². The average Bonchev–Trinajstić information content (AvgIpc) is 3.04. The summed E-state index contributed by atoms with van der Waals surface area (Å²) in [5.74, 6) is 0. The minimum atomic E-state index is -3.22. The molecule has 2 fully saturated rings. The molecule has 21 heavy (non-hydrogen) atoms. The molecule has 0 bridgehead atoms. The van der Waals surface area contributed by atoms with Gasteiger partial charge < -0.3 is 10.2 Å². The van der Waals surface area contributed by atoms with E-state index < -0.39 is 10.0 Å². The Labute approximate surface area is 126 Å². The Bertz CT molecular complexity index is 559. The lowest BCUT2D eigenvalue weighted by Gasteiger charge is -2.29.